The van der Waals surface area contributed by atoms with E-state index in [1.807, 2.05) is 50.0 Å². The molecule has 0 spiro atoms. The second kappa shape index (κ2) is 9.46. The third-order valence-corrected chi connectivity index (χ3v) is 5.45. The Balaban J connectivity index is 2.51. The molecular weight excluding hydrogens is 304 g/mol. The van der Waals surface area contributed by atoms with Crippen LogP contribution in [0.1, 0.15) is 31.4 Å². The van der Waals surface area contributed by atoms with Crippen molar-refractivity contribution in [1.29, 1.82) is 0 Å². The molecule has 0 aliphatic carbocycles. The Bertz CT molecular complexity index is 501. The van der Waals surface area contributed by atoms with Crippen LogP contribution in [0.25, 0.3) is 0 Å². The highest BCUT2D eigenvalue weighted by molar-refractivity contribution is 7.99. The average Bonchev–Trinajstić information content (AvgIpc) is 2.40. The number of sulfonamides is 1. The first-order valence-corrected chi connectivity index (χ1v) is 10.1. The van der Waals surface area contributed by atoms with E-state index in [4.69, 9.17) is 0 Å². The van der Waals surface area contributed by atoms with Gasteiger partial charge in [-0.15, -0.1) is 0 Å². The predicted molar refractivity (Wildman–Crippen MR) is 92.0 cm³/mol. The Labute approximate surface area is 133 Å². The molecule has 0 saturated heterocycles. The van der Waals surface area contributed by atoms with Crippen LogP contribution in [0.2, 0.25) is 0 Å². The van der Waals surface area contributed by atoms with E-state index in [0.29, 0.717) is 0 Å². The second-order valence-electron chi connectivity index (χ2n) is 5.11. The van der Waals surface area contributed by atoms with E-state index in [0.717, 1.165) is 35.6 Å². The Morgan fingerprint density at radius 1 is 1.19 bits per heavy atom. The number of hydrogen-bond donors (Lipinski definition) is 2. The molecule has 0 amide bonds. The Morgan fingerprint density at radius 3 is 2.38 bits per heavy atom. The molecule has 0 fully saturated rings. The molecule has 6 heteroatoms. The number of hydrogen-bond acceptors (Lipinski definition) is 4. The summed E-state index contributed by atoms with van der Waals surface area (Å²) in [6, 6.07) is 7.66. The summed E-state index contributed by atoms with van der Waals surface area (Å²) in [6.45, 7) is 4.82. The fourth-order valence-electron chi connectivity index (χ4n) is 1.99. The molecule has 1 atom stereocenters. The van der Waals surface area contributed by atoms with Crippen LogP contribution in [0.3, 0.4) is 0 Å². The van der Waals surface area contributed by atoms with Gasteiger partial charge in [-0.2, -0.15) is 11.8 Å². The molecule has 1 aromatic rings. The maximum atomic E-state index is 12.1. The average molecular weight is 331 g/mol. The van der Waals surface area contributed by atoms with Crippen molar-refractivity contribution in [2.45, 2.75) is 38.6 Å². The van der Waals surface area contributed by atoms with Gasteiger partial charge in [0.1, 0.15) is 0 Å². The molecule has 1 unspecified atom stereocenters. The third-order valence-electron chi connectivity index (χ3n) is 3.04. The van der Waals surface area contributed by atoms with Gasteiger partial charge in [-0.1, -0.05) is 31.2 Å². The minimum atomic E-state index is -3.27. The smallest absolute Gasteiger partial charge is 0.216 e. The van der Waals surface area contributed by atoms with Gasteiger partial charge in [-0.3, -0.25) is 0 Å². The maximum absolute atomic E-state index is 12.1. The fourth-order valence-corrected chi connectivity index (χ4v) is 4.24. The molecule has 2 N–H and O–H groups in total. The lowest BCUT2D eigenvalue weighted by atomic mass is 10.1. The molecule has 120 valence electrons. The number of rotatable bonds is 10. The van der Waals surface area contributed by atoms with Crippen LogP contribution < -0.4 is 10.0 Å². The van der Waals surface area contributed by atoms with E-state index in [9.17, 15) is 8.42 Å². The highest BCUT2D eigenvalue weighted by Crippen LogP contribution is 2.10. The van der Waals surface area contributed by atoms with Crippen molar-refractivity contribution < 1.29 is 8.42 Å². The molecule has 0 aliphatic heterocycles. The summed E-state index contributed by atoms with van der Waals surface area (Å²) in [4.78, 5) is 0. The summed E-state index contributed by atoms with van der Waals surface area (Å²) < 4.78 is 27.0. The quantitative estimate of drug-likeness (QED) is 0.647. The van der Waals surface area contributed by atoms with Gasteiger partial charge in [-0.05, 0) is 43.0 Å². The minimum Gasteiger partial charge on any atom is -0.316 e. The van der Waals surface area contributed by atoms with Gasteiger partial charge in [0.15, 0.2) is 0 Å². The van der Waals surface area contributed by atoms with E-state index in [1.54, 1.807) is 0 Å². The van der Waals surface area contributed by atoms with Crippen molar-refractivity contribution in [1.82, 2.24) is 10.0 Å². The SMILES string of the molecule is CCSCCC(C)NS(=O)(=O)Cc1ccc(CNC)cc1. The van der Waals surface area contributed by atoms with Crippen LogP contribution in [0.5, 0.6) is 0 Å². The first kappa shape index (κ1) is 18.5. The first-order chi connectivity index (χ1) is 9.96. The molecule has 0 aromatic heterocycles. The summed E-state index contributed by atoms with van der Waals surface area (Å²) in [5, 5.41) is 3.07. The highest BCUT2D eigenvalue weighted by atomic mass is 32.2. The van der Waals surface area contributed by atoms with Gasteiger partial charge in [0.25, 0.3) is 0 Å². The van der Waals surface area contributed by atoms with E-state index in [2.05, 4.69) is 17.0 Å². The minimum absolute atomic E-state index is 0.0161. The van der Waals surface area contributed by atoms with Crippen LogP contribution in [-0.4, -0.2) is 33.0 Å². The zero-order valence-corrected chi connectivity index (χ0v) is 14.7. The molecule has 21 heavy (non-hydrogen) atoms. The topological polar surface area (TPSA) is 58.2 Å². The van der Waals surface area contributed by atoms with Crippen molar-refractivity contribution in [2.75, 3.05) is 18.6 Å². The van der Waals surface area contributed by atoms with E-state index < -0.39 is 10.0 Å². The number of nitrogens with one attached hydrogen (secondary N) is 2. The lowest BCUT2D eigenvalue weighted by molar-refractivity contribution is 0.556. The molecule has 0 radical (unpaired) electrons. The molecule has 0 saturated carbocycles. The lowest BCUT2D eigenvalue weighted by Crippen LogP contribution is -2.33. The molecule has 0 bridgehead atoms. The number of thioether (sulfide) groups is 1. The monoisotopic (exact) mass is 330 g/mol. The van der Waals surface area contributed by atoms with E-state index >= 15 is 0 Å². The first-order valence-electron chi connectivity index (χ1n) is 7.27. The lowest BCUT2D eigenvalue weighted by Gasteiger charge is -2.14. The Morgan fingerprint density at radius 2 is 1.81 bits per heavy atom. The van der Waals surface area contributed by atoms with Crippen molar-refractivity contribution in [3.63, 3.8) is 0 Å². The Hall–Kier alpha value is -0.560. The summed E-state index contributed by atoms with van der Waals surface area (Å²) in [7, 11) is -1.38. The van der Waals surface area contributed by atoms with Gasteiger partial charge in [0.05, 0.1) is 5.75 Å². The van der Waals surface area contributed by atoms with E-state index in [-0.39, 0.29) is 11.8 Å². The standard InChI is InChI=1S/C15H26N2O2S2/c1-4-20-10-9-13(2)17-21(18,19)12-15-7-5-14(6-8-15)11-16-3/h5-8,13,16-17H,4,9-12H2,1-3H3. The van der Waals surface area contributed by atoms with Crippen LogP contribution in [-0.2, 0) is 22.3 Å². The van der Waals surface area contributed by atoms with Crippen molar-refractivity contribution in [3.05, 3.63) is 35.4 Å². The largest absolute Gasteiger partial charge is 0.316 e. The van der Waals surface area contributed by atoms with Crippen molar-refractivity contribution in [3.8, 4) is 0 Å². The summed E-state index contributed by atoms with van der Waals surface area (Å²) in [6.07, 6.45) is 0.860. The molecule has 1 aromatic carbocycles. The van der Waals surface area contributed by atoms with Gasteiger partial charge in [0, 0.05) is 12.6 Å². The molecular formula is C15H26N2O2S2. The van der Waals surface area contributed by atoms with Crippen molar-refractivity contribution >= 4 is 21.8 Å². The summed E-state index contributed by atoms with van der Waals surface area (Å²) in [5.41, 5.74) is 1.97. The maximum Gasteiger partial charge on any atom is 0.216 e. The summed E-state index contributed by atoms with van der Waals surface area (Å²) >= 11 is 1.83. The summed E-state index contributed by atoms with van der Waals surface area (Å²) in [5.74, 6) is 2.09. The van der Waals surface area contributed by atoms with Gasteiger partial charge in [0.2, 0.25) is 10.0 Å². The van der Waals surface area contributed by atoms with Gasteiger partial charge >= 0.3 is 0 Å². The van der Waals surface area contributed by atoms with Gasteiger partial charge in [-0.25, -0.2) is 13.1 Å². The normalized spacial score (nSPS) is 13.3. The zero-order chi connectivity index (χ0) is 15.7. The highest BCUT2D eigenvalue weighted by Gasteiger charge is 2.15. The van der Waals surface area contributed by atoms with E-state index in [1.165, 1.54) is 0 Å². The molecule has 1 rings (SSSR count). The third kappa shape index (κ3) is 7.85. The zero-order valence-electron chi connectivity index (χ0n) is 13.1. The molecule has 0 heterocycles. The molecule has 0 aliphatic rings. The second-order valence-corrected chi connectivity index (χ2v) is 8.26. The fraction of sp³-hybridized carbons (Fsp3) is 0.600. The van der Waals surface area contributed by atoms with Crippen LogP contribution in [0.15, 0.2) is 24.3 Å². The van der Waals surface area contributed by atoms with Gasteiger partial charge < -0.3 is 5.32 Å². The van der Waals surface area contributed by atoms with Crippen LogP contribution >= 0.6 is 11.8 Å². The van der Waals surface area contributed by atoms with Crippen LogP contribution in [0, 0.1) is 0 Å². The Kier molecular flexibility index (Phi) is 8.33. The predicted octanol–water partition coefficient (Wildman–Crippen LogP) is 2.36. The number of benzene rings is 1. The van der Waals surface area contributed by atoms with Crippen molar-refractivity contribution in [2.24, 2.45) is 0 Å². The van der Waals surface area contributed by atoms with Crippen LogP contribution in [0.4, 0.5) is 0 Å². The molecule has 4 nitrogen and oxygen atoms in total.